The van der Waals surface area contributed by atoms with Gasteiger partial charge in [0.1, 0.15) is 0 Å². The first-order chi connectivity index (χ1) is 15.2. The van der Waals surface area contributed by atoms with Gasteiger partial charge in [0.15, 0.2) is 5.16 Å². The number of rotatable bonds is 5. The fraction of sp³-hybridized carbons (Fsp3) is 0.125. The maximum atomic E-state index is 13.1. The van der Waals surface area contributed by atoms with E-state index >= 15 is 0 Å². The Morgan fingerprint density at radius 1 is 1.03 bits per heavy atom. The second kappa shape index (κ2) is 8.61. The molecule has 31 heavy (non-hydrogen) atoms. The fourth-order valence-electron chi connectivity index (χ4n) is 3.58. The van der Waals surface area contributed by atoms with Gasteiger partial charge in [-0.3, -0.25) is 14.2 Å². The lowest BCUT2D eigenvalue weighted by atomic mass is 10.2. The van der Waals surface area contributed by atoms with Crippen LogP contribution < -0.4 is 10.9 Å². The first-order valence-corrected chi connectivity index (χ1v) is 11.9. The Morgan fingerprint density at radius 3 is 2.65 bits per heavy atom. The molecule has 0 bridgehead atoms. The second-order valence-corrected chi connectivity index (χ2v) is 9.23. The molecule has 1 aliphatic heterocycles. The molecule has 0 spiro atoms. The largest absolute Gasteiger partial charge is 0.321 e. The quantitative estimate of drug-likeness (QED) is 0.343. The molecule has 0 saturated carbocycles. The summed E-state index contributed by atoms with van der Waals surface area (Å²) < 4.78 is 1.82. The summed E-state index contributed by atoms with van der Waals surface area (Å²) in [6, 6.07) is 24.5. The number of thioether (sulfide) groups is 2. The van der Waals surface area contributed by atoms with Crippen molar-refractivity contribution in [2.75, 3.05) is 16.8 Å². The zero-order valence-electron chi connectivity index (χ0n) is 16.5. The van der Waals surface area contributed by atoms with Gasteiger partial charge in [0.05, 0.1) is 22.6 Å². The molecule has 1 N–H and O–H groups in total. The van der Waals surface area contributed by atoms with Crippen molar-refractivity contribution in [3.05, 3.63) is 94.8 Å². The number of hydrogen-bond donors (Lipinski definition) is 1. The van der Waals surface area contributed by atoms with Gasteiger partial charge in [-0.2, -0.15) is 0 Å². The van der Waals surface area contributed by atoms with Crippen LogP contribution >= 0.6 is 23.5 Å². The van der Waals surface area contributed by atoms with Gasteiger partial charge in [-0.25, -0.2) is 4.98 Å². The van der Waals surface area contributed by atoms with Crippen molar-refractivity contribution in [2.45, 2.75) is 16.1 Å². The minimum Gasteiger partial charge on any atom is -0.321 e. The average Bonchev–Trinajstić information content (AvgIpc) is 3.22. The van der Waals surface area contributed by atoms with Crippen LogP contribution in [0.25, 0.3) is 10.9 Å². The SMILES string of the molecule is O=C(Nc1ccccc1SC[C@@H]1CSc2nc3ccccc3c(=O)n21)c1ccccc1. The molecule has 2 heterocycles. The standard InChI is InChI=1S/C24H19N3O2S2/c28-22(16-8-2-1-3-9-16)25-20-12-6-7-13-21(20)30-14-17-15-31-24-26-19-11-5-4-10-18(19)23(29)27(17)24/h1-13,17H,14-15H2,(H,25,28)/t17-/m1/s1. The number of carbonyl (C=O) groups is 1. The minimum atomic E-state index is -0.137. The molecule has 0 saturated heterocycles. The molecule has 1 amide bonds. The topological polar surface area (TPSA) is 64.0 Å². The van der Waals surface area contributed by atoms with Gasteiger partial charge in [-0.1, -0.05) is 54.2 Å². The summed E-state index contributed by atoms with van der Waals surface area (Å²) in [5, 5.41) is 4.44. The third-order valence-electron chi connectivity index (χ3n) is 5.15. The Kier molecular flexibility index (Phi) is 5.53. The molecule has 0 fully saturated rings. The number of para-hydroxylation sites is 2. The normalized spacial score (nSPS) is 15.0. The number of anilines is 1. The number of carbonyl (C=O) groups excluding carboxylic acids is 1. The summed E-state index contributed by atoms with van der Waals surface area (Å²) in [6.07, 6.45) is 0. The van der Waals surface area contributed by atoms with Crippen molar-refractivity contribution < 1.29 is 4.79 Å². The van der Waals surface area contributed by atoms with Crippen LogP contribution in [0.4, 0.5) is 5.69 Å². The lowest BCUT2D eigenvalue weighted by molar-refractivity contribution is 0.102. The molecule has 1 aromatic heterocycles. The molecular weight excluding hydrogens is 426 g/mol. The molecule has 1 aliphatic rings. The highest BCUT2D eigenvalue weighted by molar-refractivity contribution is 8.00. The number of hydrogen-bond acceptors (Lipinski definition) is 5. The predicted molar refractivity (Wildman–Crippen MR) is 127 cm³/mol. The zero-order valence-corrected chi connectivity index (χ0v) is 18.2. The molecule has 7 heteroatoms. The number of nitrogens with one attached hydrogen (secondary N) is 1. The Morgan fingerprint density at radius 2 is 1.77 bits per heavy atom. The van der Waals surface area contributed by atoms with Crippen LogP contribution in [0.3, 0.4) is 0 Å². The Bertz CT molecular complexity index is 1320. The number of aromatic nitrogens is 2. The van der Waals surface area contributed by atoms with E-state index in [-0.39, 0.29) is 17.5 Å². The second-order valence-electron chi connectivity index (χ2n) is 7.18. The maximum absolute atomic E-state index is 13.1. The summed E-state index contributed by atoms with van der Waals surface area (Å²) in [7, 11) is 0. The van der Waals surface area contributed by atoms with E-state index in [4.69, 9.17) is 0 Å². The van der Waals surface area contributed by atoms with E-state index in [1.807, 2.05) is 71.3 Å². The van der Waals surface area contributed by atoms with Crippen molar-refractivity contribution in [3.63, 3.8) is 0 Å². The van der Waals surface area contributed by atoms with E-state index < -0.39 is 0 Å². The highest BCUT2D eigenvalue weighted by Gasteiger charge is 2.26. The van der Waals surface area contributed by atoms with Crippen molar-refractivity contribution in [3.8, 4) is 0 Å². The van der Waals surface area contributed by atoms with Gasteiger partial charge in [-0.15, -0.1) is 11.8 Å². The maximum Gasteiger partial charge on any atom is 0.262 e. The monoisotopic (exact) mass is 445 g/mol. The number of nitrogens with zero attached hydrogens (tertiary/aromatic N) is 2. The van der Waals surface area contributed by atoms with E-state index in [0.717, 1.165) is 32.8 Å². The van der Waals surface area contributed by atoms with E-state index in [9.17, 15) is 9.59 Å². The Labute approximate surface area is 187 Å². The summed E-state index contributed by atoms with van der Waals surface area (Å²) in [6.45, 7) is 0. The van der Waals surface area contributed by atoms with Crippen LogP contribution in [0, 0.1) is 0 Å². The number of benzene rings is 3. The summed E-state index contributed by atoms with van der Waals surface area (Å²) in [5.41, 5.74) is 2.15. The first-order valence-electron chi connectivity index (χ1n) is 9.93. The van der Waals surface area contributed by atoms with Crippen molar-refractivity contribution in [2.24, 2.45) is 0 Å². The molecule has 0 unspecified atom stereocenters. The van der Waals surface area contributed by atoms with Gasteiger partial charge in [0.25, 0.3) is 11.5 Å². The lowest BCUT2D eigenvalue weighted by Gasteiger charge is -2.15. The molecule has 0 aliphatic carbocycles. The van der Waals surface area contributed by atoms with Gasteiger partial charge < -0.3 is 5.32 Å². The van der Waals surface area contributed by atoms with E-state index in [1.165, 1.54) is 0 Å². The predicted octanol–water partition coefficient (Wildman–Crippen LogP) is 5.09. The minimum absolute atomic E-state index is 0.0156. The number of fused-ring (bicyclic) bond motifs is 2. The number of amides is 1. The van der Waals surface area contributed by atoms with Crippen molar-refractivity contribution >= 4 is 46.0 Å². The third kappa shape index (κ3) is 3.98. The molecule has 3 aromatic carbocycles. The van der Waals surface area contributed by atoms with Crippen LogP contribution in [0.1, 0.15) is 16.4 Å². The van der Waals surface area contributed by atoms with Crippen LogP contribution in [0.2, 0.25) is 0 Å². The molecule has 5 rings (SSSR count). The van der Waals surface area contributed by atoms with Gasteiger partial charge >= 0.3 is 0 Å². The smallest absolute Gasteiger partial charge is 0.262 e. The van der Waals surface area contributed by atoms with Gasteiger partial charge in [0.2, 0.25) is 0 Å². The van der Waals surface area contributed by atoms with Crippen LogP contribution in [0.15, 0.2) is 93.7 Å². The van der Waals surface area contributed by atoms with E-state index in [1.54, 1.807) is 35.7 Å². The summed E-state index contributed by atoms with van der Waals surface area (Å²) in [5.74, 6) is 1.39. The van der Waals surface area contributed by atoms with Crippen molar-refractivity contribution in [1.82, 2.24) is 9.55 Å². The molecular formula is C24H19N3O2S2. The van der Waals surface area contributed by atoms with Crippen molar-refractivity contribution in [1.29, 1.82) is 0 Å². The van der Waals surface area contributed by atoms with Crippen LogP contribution in [-0.2, 0) is 0 Å². The van der Waals surface area contributed by atoms with E-state index in [2.05, 4.69) is 10.3 Å². The highest BCUT2D eigenvalue weighted by atomic mass is 32.2. The first kappa shape index (κ1) is 19.9. The van der Waals surface area contributed by atoms with E-state index in [0.29, 0.717) is 10.9 Å². The molecule has 154 valence electrons. The zero-order chi connectivity index (χ0) is 21.2. The lowest BCUT2D eigenvalue weighted by Crippen LogP contribution is -2.26. The fourth-order valence-corrected chi connectivity index (χ4v) is 5.96. The summed E-state index contributed by atoms with van der Waals surface area (Å²) in [4.78, 5) is 31.3. The molecule has 1 atom stereocenters. The van der Waals surface area contributed by atoms with Crippen LogP contribution in [-0.4, -0.2) is 27.0 Å². The third-order valence-corrected chi connectivity index (χ3v) is 7.46. The summed E-state index contributed by atoms with van der Waals surface area (Å²) >= 11 is 3.26. The Balaban J connectivity index is 1.36. The molecule has 0 radical (unpaired) electrons. The molecule has 4 aromatic rings. The van der Waals surface area contributed by atoms with Gasteiger partial charge in [-0.05, 0) is 36.4 Å². The highest BCUT2D eigenvalue weighted by Crippen LogP contribution is 2.36. The Hall–Kier alpha value is -3.03. The average molecular weight is 446 g/mol. The molecule has 5 nitrogen and oxygen atoms in total. The van der Waals surface area contributed by atoms with Crippen LogP contribution in [0.5, 0.6) is 0 Å². The van der Waals surface area contributed by atoms with Gasteiger partial charge in [0, 0.05) is 22.0 Å².